The number of benzene rings is 1. The van der Waals surface area contributed by atoms with E-state index in [1.54, 1.807) is 18.2 Å². The topological polar surface area (TPSA) is 130 Å². The van der Waals surface area contributed by atoms with E-state index in [0.717, 1.165) is 0 Å². The maximum Gasteiger partial charge on any atom is 0.266 e. The number of ether oxygens (including phenoxy) is 2. The van der Waals surface area contributed by atoms with Crippen LogP contribution in [0.3, 0.4) is 0 Å². The van der Waals surface area contributed by atoms with Gasteiger partial charge in [-0.15, -0.1) is 5.10 Å². The summed E-state index contributed by atoms with van der Waals surface area (Å²) < 4.78 is 13.3. The highest BCUT2D eigenvalue weighted by atomic mass is 16.5. The number of carbonyl (C=O) groups is 2. The number of ketones is 1. The number of rotatable bonds is 9. The molecule has 2 aromatic heterocycles. The van der Waals surface area contributed by atoms with Crippen LogP contribution >= 0.6 is 0 Å². The molecular formula is C19H20N6O5. The van der Waals surface area contributed by atoms with E-state index in [9.17, 15) is 14.4 Å². The minimum absolute atomic E-state index is 0.102. The van der Waals surface area contributed by atoms with Crippen LogP contribution in [-0.2, 0) is 11.3 Å². The Hall–Kier alpha value is -4.02. The molecule has 0 bridgehead atoms. The molecule has 2 heterocycles. The lowest BCUT2D eigenvalue weighted by atomic mass is 10.1. The number of carbonyl (C=O) groups excluding carboxylic acids is 2. The normalized spacial score (nSPS) is 10.5. The van der Waals surface area contributed by atoms with Crippen LogP contribution in [0.2, 0.25) is 0 Å². The zero-order valence-electron chi connectivity index (χ0n) is 16.4. The standard InChI is InChI=1S/C19H20N6O5/c1-13(26)14-3-4-15(16(9-14)29-2)30-10-18(27)21-7-8-24-19(28)6-5-17(23-24)25-12-20-11-22-25/h3-6,9,11-12H,7-8,10H2,1-2H3,(H,21,27). The number of aromatic nitrogens is 5. The monoisotopic (exact) mass is 412 g/mol. The van der Waals surface area contributed by atoms with Gasteiger partial charge in [0, 0.05) is 18.2 Å². The highest BCUT2D eigenvalue weighted by molar-refractivity contribution is 5.94. The molecule has 0 unspecified atom stereocenters. The van der Waals surface area contributed by atoms with Gasteiger partial charge in [0.25, 0.3) is 11.5 Å². The molecule has 0 spiro atoms. The van der Waals surface area contributed by atoms with Crippen molar-refractivity contribution >= 4 is 11.7 Å². The van der Waals surface area contributed by atoms with Crippen LogP contribution in [0.1, 0.15) is 17.3 Å². The summed E-state index contributed by atoms with van der Waals surface area (Å²) in [5.74, 6) is 0.651. The highest BCUT2D eigenvalue weighted by Gasteiger charge is 2.11. The number of nitrogens with zero attached hydrogens (tertiary/aromatic N) is 5. The van der Waals surface area contributed by atoms with E-state index in [2.05, 4.69) is 20.5 Å². The molecule has 3 aromatic rings. The Morgan fingerprint density at radius 2 is 2.00 bits per heavy atom. The smallest absolute Gasteiger partial charge is 0.266 e. The third-order valence-corrected chi connectivity index (χ3v) is 4.08. The van der Waals surface area contributed by atoms with Crippen LogP contribution in [0.25, 0.3) is 5.82 Å². The molecule has 3 rings (SSSR count). The third-order valence-electron chi connectivity index (χ3n) is 4.08. The first-order valence-electron chi connectivity index (χ1n) is 8.99. The minimum atomic E-state index is -0.381. The number of hydrogen-bond donors (Lipinski definition) is 1. The predicted octanol–water partition coefficient (Wildman–Crippen LogP) is 0.230. The van der Waals surface area contributed by atoms with Gasteiger partial charge in [0.05, 0.1) is 13.7 Å². The maximum absolute atomic E-state index is 12.1. The van der Waals surface area contributed by atoms with Gasteiger partial charge in [0.1, 0.15) is 12.7 Å². The molecule has 11 heteroatoms. The number of methoxy groups -OCH3 is 1. The molecule has 30 heavy (non-hydrogen) atoms. The summed E-state index contributed by atoms with van der Waals surface area (Å²) in [7, 11) is 1.45. The Balaban J connectivity index is 1.53. The fourth-order valence-corrected chi connectivity index (χ4v) is 2.55. The van der Waals surface area contributed by atoms with E-state index in [1.807, 2.05) is 0 Å². The number of hydrogen-bond acceptors (Lipinski definition) is 8. The molecule has 1 N–H and O–H groups in total. The van der Waals surface area contributed by atoms with E-state index in [1.165, 1.54) is 48.2 Å². The molecule has 156 valence electrons. The van der Waals surface area contributed by atoms with Crippen molar-refractivity contribution in [2.75, 3.05) is 20.3 Å². The van der Waals surface area contributed by atoms with Crippen molar-refractivity contribution in [3.8, 4) is 17.3 Å². The van der Waals surface area contributed by atoms with Crippen molar-refractivity contribution in [3.05, 3.63) is 58.9 Å². The Morgan fingerprint density at radius 1 is 1.17 bits per heavy atom. The molecule has 11 nitrogen and oxygen atoms in total. The predicted molar refractivity (Wildman–Crippen MR) is 105 cm³/mol. The van der Waals surface area contributed by atoms with Crippen LogP contribution in [0, 0.1) is 0 Å². The van der Waals surface area contributed by atoms with Gasteiger partial charge in [-0.05, 0) is 31.2 Å². The quantitative estimate of drug-likeness (QED) is 0.494. The van der Waals surface area contributed by atoms with Gasteiger partial charge in [-0.3, -0.25) is 14.4 Å². The van der Waals surface area contributed by atoms with Crippen molar-refractivity contribution < 1.29 is 19.1 Å². The number of Topliss-reactive ketones (excluding diaryl/α,β-unsaturated/α-hetero) is 1. The van der Waals surface area contributed by atoms with Crippen LogP contribution in [-0.4, -0.2) is 56.5 Å². The van der Waals surface area contributed by atoms with E-state index in [-0.39, 0.29) is 36.9 Å². The number of amides is 1. The Morgan fingerprint density at radius 3 is 2.70 bits per heavy atom. The third kappa shape index (κ3) is 5.07. The summed E-state index contributed by atoms with van der Waals surface area (Å²) >= 11 is 0. The van der Waals surface area contributed by atoms with Gasteiger partial charge < -0.3 is 14.8 Å². The van der Waals surface area contributed by atoms with E-state index in [4.69, 9.17) is 9.47 Å². The van der Waals surface area contributed by atoms with Gasteiger partial charge in [-0.2, -0.15) is 5.10 Å². The average molecular weight is 412 g/mol. The molecule has 0 aliphatic heterocycles. The molecule has 0 fully saturated rings. The van der Waals surface area contributed by atoms with Crippen LogP contribution < -0.4 is 20.3 Å². The lowest BCUT2D eigenvalue weighted by Gasteiger charge is -2.12. The molecule has 0 aliphatic carbocycles. The lowest BCUT2D eigenvalue weighted by molar-refractivity contribution is -0.123. The van der Waals surface area contributed by atoms with E-state index in [0.29, 0.717) is 22.9 Å². The molecule has 0 saturated carbocycles. The molecule has 0 aliphatic rings. The first-order chi connectivity index (χ1) is 14.5. The molecule has 0 saturated heterocycles. The van der Waals surface area contributed by atoms with Gasteiger partial charge in [-0.25, -0.2) is 14.3 Å². The summed E-state index contributed by atoms with van der Waals surface area (Å²) in [5.41, 5.74) is 0.175. The largest absolute Gasteiger partial charge is 0.493 e. The highest BCUT2D eigenvalue weighted by Crippen LogP contribution is 2.28. The van der Waals surface area contributed by atoms with Crippen molar-refractivity contribution in [2.45, 2.75) is 13.5 Å². The molecule has 1 aromatic carbocycles. The van der Waals surface area contributed by atoms with Gasteiger partial charge >= 0.3 is 0 Å². The fourth-order valence-electron chi connectivity index (χ4n) is 2.55. The summed E-state index contributed by atoms with van der Waals surface area (Å²) in [6.45, 7) is 1.54. The van der Waals surface area contributed by atoms with Crippen molar-refractivity contribution in [1.29, 1.82) is 0 Å². The van der Waals surface area contributed by atoms with Gasteiger partial charge in [-0.1, -0.05) is 0 Å². The summed E-state index contributed by atoms with van der Waals surface area (Å²) in [5, 5.41) is 10.8. The second-order valence-electron chi connectivity index (χ2n) is 6.15. The van der Waals surface area contributed by atoms with E-state index >= 15 is 0 Å². The van der Waals surface area contributed by atoms with Crippen molar-refractivity contribution in [1.82, 2.24) is 29.9 Å². The molecule has 1 amide bonds. The van der Waals surface area contributed by atoms with E-state index < -0.39 is 0 Å². The summed E-state index contributed by atoms with van der Waals surface area (Å²) in [6.07, 6.45) is 2.83. The number of nitrogens with one attached hydrogen (secondary N) is 1. The zero-order valence-corrected chi connectivity index (χ0v) is 16.4. The van der Waals surface area contributed by atoms with Gasteiger partial charge in [0.2, 0.25) is 0 Å². The molecular weight excluding hydrogens is 392 g/mol. The summed E-state index contributed by atoms with van der Waals surface area (Å²) in [4.78, 5) is 39.3. The minimum Gasteiger partial charge on any atom is -0.493 e. The summed E-state index contributed by atoms with van der Waals surface area (Å²) in [6, 6.07) is 7.62. The maximum atomic E-state index is 12.1. The van der Waals surface area contributed by atoms with Crippen molar-refractivity contribution in [3.63, 3.8) is 0 Å². The van der Waals surface area contributed by atoms with Crippen LogP contribution in [0.5, 0.6) is 11.5 Å². The second kappa shape index (κ2) is 9.45. The van der Waals surface area contributed by atoms with Crippen LogP contribution in [0.15, 0.2) is 47.8 Å². The van der Waals surface area contributed by atoms with Crippen LogP contribution in [0.4, 0.5) is 0 Å². The molecule has 0 radical (unpaired) electrons. The first kappa shape index (κ1) is 20.7. The Kier molecular flexibility index (Phi) is 6.53. The van der Waals surface area contributed by atoms with Gasteiger partial charge in [0.15, 0.2) is 29.7 Å². The molecule has 0 atom stereocenters. The lowest BCUT2D eigenvalue weighted by Crippen LogP contribution is -2.34. The zero-order chi connectivity index (χ0) is 21.5. The second-order valence-corrected chi connectivity index (χ2v) is 6.15. The Bertz CT molecular complexity index is 1090. The average Bonchev–Trinajstić information content (AvgIpc) is 3.28. The SMILES string of the molecule is COc1cc(C(C)=O)ccc1OCC(=O)NCCn1nc(-n2cncn2)ccc1=O. The van der Waals surface area contributed by atoms with Crippen molar-refractivity contribution in [2.24, 2.45) is 0 Å². The Labute approximate surface area is 171 Å². The first-order valence-corrected chi connectivity index (χ1v) is 8.99. The fraction of sp³-hybridized carbons (Fsp3) is 0.263.